The van der Waals surface area contributed by atoms with Crippen molar-refractivity contribution >= 4 is 11.5 Å². The lowest BCUT2D eigenvalue weighted by atomic mass is 9.93. The Morgan fingerprint density at radius 3 is 2.58 bits per heavy atom. The average Bonchev–Trinajstić information content (AvgIpc) is 2.80. The smallest absolute Gasteiger partial charge is 0.339 e. The molecule has 0 saturated heterocycles. The first-order valence-electron chi connectivity index (χ1n) is 7.22. The Morgan fingerprint density at radius 2 is 1.95 bits per heavy atom. The summed E-state index contributed by atoms with van der Waals surface area (Å²) in [6.45, 7) is 4.41. The molecule has 1 aliphatic heterocycles. The molecular formula is C17H22O2. The molecule has 0 amide bonds. The fraction of sp³-hybridized carbons (Fsp3) is 0.471. The minimum atomic E-state index is -0.178. The maximum atomic E-state index is 11.9. The second kappa shape index (κ2) is 6.55. The van der Waals surface area contributed by atoms with Crippen molar-refractivity contribution in [1.29, 1.82) is 0 Å². The Balaban J connectivity index is 2.06. The van der Waals surface area contributed by atoms with E-state index in [0.29, 0.717) is 5.92 Å². The normalized spacial score (nSPS) is 20.0. The van der Waals surface area contributed by atoms with Gasteiger partial charge < -0.3 is 4.74 Å². The summed E-state index contributed by atoms with van der Waals surface area (Å²) >= 11 is 0. The zero-order chi connectivity index (χ0) is 13.7. The second-order valence-corrected chi connectivity index (χ2v) is 5.19. The predicted molar refractivity (Wildman–Crippen MR) is 77.6 cm³/mol. The van der Waals surface area contributed by atoms with Crippen molar-refractivity contribution in [2.45, 2.75) is 45.6 Å². The van der Waals surface area contributed by atoms with Crippen LogP contribution < -0.4 is 0 Å². The van der Waals surface area contributed by atoms with E-state index in [1.165, 1.54) is 12.8 Å². The lowest BCUT2D eigenvalue weighted by molar-refractivity contribution is -0.138. The Kier molecular flexibility index (Phi) is 4.78. The van der Waals surface area contributed by atoms with Crippen LogP contribution in [0.5, 0.6) is 0 Å². The number of ether oxygens (including phenoxy) is 1. The van der Waals surface area contributed by atoms with Crippen molar-refractivity contribution in [3.05, 3.63) is 42.0 Å². The van der Waals surface area contributed by atoms with E-state index in [0.717, 1.165) is 24.0 Å². The van der Waals surface area contributed by atoms with Crippen molar-refractivity contribution in [1.82, 2.24) is 0 Å². The monoisotopic (exact) mass is 258 g/mol. The number of benzene rings is 1. The average molecular weight is 258 g/mol. The standard InChI is InChI=1S/C17H22O2/c1-3-8-13(4-2)11-15-12-16(17(18)19-15)14-9-6-5-7-10-14/h5-7,9-10,12-13,15H,3-4,8,11H2,1-2H3. The number of hydrogen-bond acceptors (Lipinski definition) is 2. The van der Waals surface area contributed by atoms with Gasteiger partial charge in [-0.25, -0.2) is 4.79 Å². The summed E-state index contributed by atoms with van der Waals surface area (Å²) in [5.74, 6) is 0.469. The second-order valence-electron chi connectivity index (χ2n) is 5.19. The van der Waals surface area contributed by atoms with Crippen molar-refractivity contribution in [3.63, 3.8) is 0 Å². The molecule has 1 aliphatic rings. The molecule has 0 spiro atoms. The molecule has 0 radical (unpaired) electrons. The zero-order valence-electron chi connectivity index (χ0n) is 11.8. The van der Waals surface area contributed by atoms with Gasteiger partial charge in [-0.1, -0.05) is 63.4 Å². The molecule has 0 fully saturated rings. The van der Waals surface area contributed by atoms with E-state index < -0.39 is 0 Å². The first-order chi connectivity index (χ1) is 9.24. The van der Waals surface area contributed by atoms with Gasteiger partial charge in [-0.05, 0) is 24.0 Å². The largest absolute Gasteiger partial charge is 0.454 e. The van der Waals surface area contributed by atoms with Gasteiger partial charge in [0.05, 0.1) is 5.57 Å². The number of carbonyl (C=O) groups is 1. The molecule has 0 aliphatic carbocycles. The molecule has 0 aromatic heterocycles. The number of cyclic esters (lactones) is 1. The molecule has 1 heterocycles. The van der Waals surface area contributed by atoms with Crippen LogP contribution in [0.4, 0.5) is 0 Å². The van der Waals surface area contributed by atoms with Gasteiger partial charge in [0.25, 0.3) is 0 Å². The number of esters is 1. The molecule has 1 aromatic carbocycles. The molecular weight excluding hydrogens is 236 g/mol. The minimum absolute atomic E-state index is 0.0424. The molecule has 19 heavy (non-hydrogen) atoms. The highest BCUT2D eigenvalue weighted by atomic mass is 16.5. The summed E-state index contributed by atoms with van der Waals surface area (Å²) in [6.07, 6.45) is 6.45. The quantitative estimate of drug-likeness (QED) is 0.714. The van der Waals surface area contributed by atoms with E-state index in [9.17, 15) is 4.79 Å². The first-order valence-corrected chi connectivity index (χ1v) is 7.22. The van der Waals surface area contributed by atoms with Gasteiger partial charge in [-0.2, -0.15) is 0 Å². The Bertz CT molecular complexity index is 448. The van der Waals surface area contributed by atoms with Crippen LogP contribution in [0.1, 0.15) is 45.1 Å². The summed E-state index contributed by atoms with van der Waals surface area (Å²) in [7, 11) is 0. The van der Waals surface area contributed by atoms with Crippen LogP contribution in [0.2, 0.25) is 0 Å². The van der Waals surface area contributed by atoms with Crippen LogP contribution >= 0.6 is 0 Å². The lowest BCUT2D eigenvalue weighted by Gasteiger charge is -2.16. The van der Waals surface area contributed by atoms with Crippen LogP contribution in [0.25, 0.3) is 5.57 Å². The van der Waals surface area contributed by atoms with Gasteiger partial charge >= 0.3 is 5.97 Å². The summed E-state index contributed by atoms with van der Waals surface area (Å²) in [5, 5.41) is 0. The number of rotatable bonds is 6. The highest BCUT2D eigenvalue weighted by Gasteiger charge is 2.27. The Hall–Kier alpha value is -1.57. The Morgan fingerprint density at radius 1 is 1.21 bits per heavy atom. The molecule has 0 bridgehead atoms. The molecule has 2 rings (SSSR count). The lowest BCUT2D eigenvalue weighted by Crippen LogP contribution is -2.13. The molecule has 1 aromatic rings. The van der Waals surface area contributed by atoms with E-state index in [1.807, 2.05) is 36.4 Å². The van der Waals surface area contributed by atoms with Gasteiger partial charge in [0.15, 0.2) is 0 Å². The van der Waals surface area contributed by atoms with E-state index >= 15 is 0 Å². The third kappa shape index (κ3) is 3.46. The van der Waals surface area contributed by atoms with Gasteiger partial charge in [0.1, 0.15) is 6.10 Å². The highest BCUT2D eigenvalue weighted by molar-refractivity contribution is 6.18. The molecule has 0 N–H and O–H groups in total. The summed E-state index contributed by atoms with van der Waals surface area (Å²) in [4.78, 5) is 11.9. The van der Waals surface area contributed by atoms with Crippen LogP contribution in [0.3, 0.4) is 0 Å². The number of hydrogen-bond donors (Lipinski definition) is 0. The van der Waals surface area contributed by atoms with Gasteiger partial charge in [0.2, 0.25) is 0 Å². The van der Waals surface area contributed by atoms with Crippen LogP contribution in [0, 0.1) is 5.92 Å². The van der Waals surface area contributed by atoms with Crippen molar-refractivity contribution in [2.75, 3.05) is 0 Å². The summed E-state index contributed by atoms with van der Waals surface area (Å²) < 4.78 is 5.48. The van der Waals surface area contributed by atoms with Crippen molar-refractivity contribution < 1.29 is 9.53 Å². The zero-order valence-corrected chi connectivity index (χ0v) is 11.8. The highest BCUT2D eigenvalue weighted by Crippen LogP contribution is 2.29. The SMILES string of the molecule is CCCC(CC)CC1C=C(c2ccccc2)C(=O)O1. The first kappa shape index (κ1) is 13.9. The molecule has 2 atom stereocenters. The maximum absolute atomic E-state index is 11.9. The maximum Gasteiger partial charge on any atom is 0.339 e. The van der Waals surface area contributed by atoms with Gasteiger partial charge in [0, 0.05) is 0 Å². The topological polar surface area (TPSA) is 26.3 Å². The van der Waals surface area contributed by atoms with Gasteiger partial charge in [-0.3, -0.25) is 0 Å². The molecule has 2 unspecified atom stereocenters. The van der Waals surface area contributed by atoms with E-state index in [4.69, 9.17) is 4.74 Å². The molecule has 102 valence electrons. The van der Waals surface area contributed by atoms with Crippen molar-refractivity contribution in [3.8, 4) is 0 Å². The van der Waals surface area contributed by atoms with Crippen LogP contribution in [-0.2, 0) is 9.53 Å². The Labute approximate surface area is 115 Å². The molecule has 0 saturated carbocycles. The van der Waals surface area contributed by atoms with E-state index in [1.54, 1.807) is 0 Å². The van der Waals surface area contributed by atoms with Crippen molar-refractivity contribution in [2.24, 2.45) is 5.92 Å². The minimum Gasteiger partial charge on any atom is -0.454 e. The number of carbonyl (C=O) groups excluding carboxylic acids is 1. The molecule has 2 heteroatoms. The van der Waals surface area contributed by atoms with Gasteiger partial charge in [-0.15, -0.1) is 0 Å². The van der Waals surface area contributed by atoms with Crippen LogP contribution in [0.15, 0.2) is 36.4 Å². The third-order valence-corrected chi connectivity index (χ3v) is 3.76. The van der Waals surface area contributed by atoms with E-state index in [-0.39, 0.29) is 12.1 Å². The summed E-state index contributed by atoms with van der Waals surface area (Å²) in [5.41, 5.74) is 1.68. The fourth-order valence-electron chi connectivity index (χ4n) is 2.66. The molecule has 2 nitrogen and oxygen atoms in total. The van der Waals surface area contributed by atoms with Crippen LogP contribution in [-0.4, -0.2) is 12.1 Å². The predicted octanol–water partition coefficient (Wildman–Crippen LogP) is 4.21. The van der Waals surface area contributed by atoms with E-state index in [2.05, 4.69) is 13.8 Å². The fourth-order valence-corrected chi connectivity index (χ4v) is 2.66. The third-order valence-electron chi connectivity index (χ3n) is 3.76. The summed E-state index contributed by atoms with van der Waals surface area (Å²) in [6, 6.07) is 9.76.